The lowest BCUT2D eigenvalue weighted by Gasteiger charge is -2.48. The molecule has 0 saturated heterocycles. The van der Waals surface area contributed by atoms with Gasteiger partial charge >= 0.3 is 0 Å². The number of hydrogen-bond acceptors (Lipinski definition) is 3. The van der Waals surface area contributed by atoms with Crippen LogP contribution in [0.15, 0.2) is 12.4 Å². The Kier molecular flexibility index (Phi) is 4.07. The van der Waals surface area contributed by atoms with Gasteiger partial charge < -0.3 is 5.73 Å². The van der Waals surface area contributed by atoms with Crippen molar-refractivity contribution in [1.82, 2.24) is 14.7 Å². The predicted molar refractivity (Wildman–Crippen MR) is 74.1 cm³/mol. The highest BCUT2D eigenvalue weighted by atomic mass is 15.3. The Balaban J connectivity index is 2.11. The Bertz CT molecular complexity index is 387. The first kappa shape index (κ1) is 13.6. The van der Waals surface area contributed by atoms with E-state index in [1.807, 2.05) is 17.9 Å². The van der Waals surface area contributed by atoms with Gasteiger partial charge in [0.2, 0.25) is 0 Å². The molecule has 1 saturated carbocycles. The summed E-state index contributed by atoms with van der Waals surface area (Å²) in [5.74, 6) is 0.679. The Morgan fingerprint density at radius 3 is 2.89 bits per heavy atom. The Morgan fingerprint density at radius 2 is 2.33 bits per heavy atom. The second-order valence-corrected chi connectivity index (χ2v) is 5.83. The highest BCUT2D eigenvalue weighted by Crippen LogP contribution is 2.37. The minimum absolute atomic E-state index is 0.175. The molecule has 0 bridgehead atoms. The summed E-state index contributed by atoms with van der Waals surface area (Å²) in [6.07, 6.45) is 9.22. The van der Waals surface area contributed by atoms with E-state index in [2.05, 4.69) is 30.2 Å². The molecule has 1 aliphatic rings. The normalized spacial score (nSPS) is 28.8. The number of hydrogen-bond donors (Lipinski definition) is 1. The molecule has 1 aromatic heterocycles. The van der Waals surface area contributed by atoms with Crippen molar-refractivity contribution in [2.75, 3.05) is 13.6 Å². The number of rotatable bonds is 4. The second kappa shape index (κ2) is 5.41. The monoisotopic (exact) mass is 250 g/mol. The molecule has 1 aromatic rings. The Hall–Kier alpha value is -0.870. The van der Waals surface area contributed by atoms with E-state index in [9.17, 15) is 0 Å². The molecule has 2 unspecified atom stereocenters. The van der Waals surface area contributed by atoms with E-state index < -0.39 is 0 Å². The van der Waals surface area contributed by atoms with Crippen LogP contribution < -0.4 is 5.73 Å². The van der Waals surface area contributed by atoms with Gasteiger partial charge in [0.1, 0.15) is 0 Å². The van der Waals surface area contributed by atoms with Crippen molar-refractivity contribution in [2.24, 2.45) is 18.7 Å². The fourth-order valence-electron chi connectivity index (χ4n) is 3.41. The van der Waals surface area contributed by atoms with Crippen LogP contribution in [-0.4, -0.2) is 33.8 Å². The van der Waals surface area contributed by atoms with Crippen LogP contribution in [-0.2, 0) is 13.6 Å². The second-order valence-electron chi connectivity index (χ2n) is 5.83. The Morgan fingerprint density at radius 1 is 1.56 bits per heavy atom. The lowest BCUT2D eigenvalue weighted by molar-refractivity contribution is 0.0278. The largest absolute Gasteiger partial charge is 0.329 e. The molecule has 2 atom stereocenters. The SMILES string of the molecule is CC1CCCCC1(CN)N(C)Cc1cnn(C)c1. The maximum atomic E-state index is 6.13. The predicted octanol–water partition coefficient (Wildman–Crippen LogP) is 1.76. The zero-order valence-electron chi connectivity index (χ0n) is 11.9. The van der Waals surface area contributed by atoms with E-state index in [0.29, 0.717) is 5.92 Å². The summed E-state index contributed by atoms with van der Waals surface area (Å²) < 4.78 is 1.86. The van der Waals surface area contributed by atoms with Gasteiger partial charge in [-0.25, -0.2) is 0 Å². The summed E-state index contributed by atoms with van der Waals surface area (Å²) in [6.45, 7) is 4.05. The highest BCUT2D eigenvalue weighted by molar-refractivity contribution is 5.06. The number of likely N-dealkylation sites (N-methyl/N-ethyl adjacent to an activating group) is 1. The van der Waals surface area contributed by atoms with Gasteiger partial charge in [0.05, 0.1) is 6.20 Å². The van der Waals surface area contributed by atoms with E-state index >= 15 is 0 Å². The average molecular weight is 250 g/mol. The minimum atomic E-state index is 0.175. The van der Waals surface area contributed by atoms with Gasteiger partial charge in [0, 0.05) is 37.4 Å². The van der Waals surface area contributed by atoms with Crippen LogP contribution in [0.5, 0.6) is 0 Å². The van der Waals surface area contributed by atoms with Gasteiger partial charge in [-0.1, -0.05) is 19.8 Å². The van der Waals surface area contributed by atoms with Crippen molar-refractivity contribution in [1.29, 1.82) is 0 Å². The van der Waals surface area contributed by atoms with Crippen LogP contribution in [0, 0.1) is 5.92 Å². The standard InChI is InChI=1S/C14H26N4/c1-12-6-4-5-7-14(12,11-15)17(2)9-13-8-16-18(3)10-13/h8,10,12H,4-7,9,11,15H2,1-3H3. The van der Waals surface area contributed by atoms with Crippen molar-refractivity contribution in [2.45, 2.75) is 44.7 Å². The van der Waals surface area contributed by atoms with Crippen molar-refractivity contribution < 1.29 is 0 Å². The Labute approximate surface area is 110 Å². The highest BCUT2D eigenvalue weighted by Gasteiger charge is 2.40. The summed E-state index contributed by atoms with van der Waals surface area (Å²) in [5.41, 5.74) is 7.57. The van der Waals surface area contributed by atoms with Gasteiger partial charge in [-0.3, -0.25) is 9.58 Å². The molecule has 2 N–H and O–H groups in total. The van der Waals surface area contributed by atoms with Gasteiger partial charge in [-0.15, -0.1) is 0 Å². The van der Waals surface area contributed by atoms with Gasteiger partial charge in [0.15, 0.2) is 0 Å². The first-order valence-electron chi connectivity index (χ1n) is 6.97. The molecule has 0 spiro atoms. The quantitative estimate of drug-likeness (QED) is 0.886. The number of nitrogens with zero attached hydrogens (tertiary/aromatic N) is 3. The molecule has 0 amide bonds. The first-order chi connectivity index (χ1) is 8.58. The van der Waals surface area contributed by atoms with Crippen LogP contribution in [0.2, 0.25) is 0 Å². The van der Waals surface area contributed by atoms with Crippen molar-refractivity contribution in [3.63, 3.8) is 0 Å². The number of aromatic nitrogens is 2. The summed E-state index contributed by atoms with van der Waals surface area (Å²) >= 11 is 0. The molecular formula is C14H26N4. The average Bonchev–Trinajstić information content (AvgIpc) is 2.75. The zero-order chi connectivity index (χ0) is 13.2. The molecule has 2 rings (SSSR count). The summed E-state index contributed by atoms with van der Waals surface area (Å²) in [7, 11) is 4.17. The number of aryl methyl sites for hydroxylation is 1. The van der Waals surface area contributed by atoms with Crippen molar-refractivity contribution in [3.05, 3.63) is 18.0 Å². The molecule has 4 heteroatoms. The lowest BCUT2D eigenvalue weighted by atomic mass is 9.72. The molecule has 1 fully saturated rings. The van der Waals surface area contributed by atoms with E-state index in [1.165, 1.54) is 31.2 Å². The minimum Gasteiger partial charge on any atom is -0.329 e. The lowest BCUT2D eigenvalue weighted by Crippen LogP contribution is -2.57. The third kappa shape index (κ3) is 2.45. The summed E-state index contributed by atoms with van der Waals surface area (Å²) in [4.78, 5) is 2.45. The van der Waals surface area contributed by atoms with Crippen LogP contribution in [0.4, 0.5) is 0 Å². The molecule has 4 nitrogen and oxygen atoms in total. The first-order valence-corrected chi connectivity index (χ1v) is 6.97. The fraction of sp³-hybridized carbons (Fsp3) is 0.786. The van der Waals surface area contributed by atoms with Crippen LogP contribution >= 0.6 is 0 Å². The molecule has 102 valence electrons. The van der Waals surface area contributed by atoms with E-state index in [4.69, 9.17) is 5.73 Å². The van der Waals surface area contributed by atoms with Crippen LogP contribution in [0.25, 0.3) is 0 Å². The molecular weight excluding hydrogens is 224 g/mol. The number of nitrogens with two attached hydrogens (primary N) is 1. The molecule has 0 aromatic carbocycles. The van der Waals surface area contributed by atoms with Gasteiger partial charge in [0.25, 0.3) is 0 Å². The van der Waals surface area contributed by atoms with E-state index in [1.54, 1.807) is 0 Å². The zero-order valence-corrected chi connectivity index (χ0v) is 11.9. The fourth-order valence-corrected chi connectivity index (χ4v) is 3.41. The van der Waals surface area contributed by atoms with Crippen LogP contribution in [0.3, 0.4) is 0 Å². The van der Waals surface area contributed by atoms with Gasteiger partial charge in [-0.2, -0.15) is 5.10 Å². The third-order valence-corrected chi connectivity index (χ3v) is 4.71. The molecule has 18 heavy (non-hydrogen) atoms. The molecule has 1 aliphatic carbocycles. The maximum Gasteiger partial charge on any atom is 0.0534 e. The van der Waals surface area contributed by atoms with Crippen molar-refractivity contribution >= 4 is 0 Å². The smallest absolute Gasteiger partial charge is 0.0534 e. The third-order valence-electron chi connectivity index (χ3n) is 4.71. The van der Waals surface area contributed by atoms with Crippen LogP contribution in [0.1, 0.15) is 38.2 Å². The van der Waals surface area contributed by atoms with E-state index in [-0.39, 0.29) is 5.54 Å². The molecule has 0 aliphatic heterocycles. The summed E-state index contributed by atoms with van der Waals surface area (Å²) in [5, 5.41) is 4.24. The van der Waals surface area contributed by atoms with Gasteiger partial charge in [-0.05, 0) is 25.8 Å². The maximum absolute atomic E-state index is 6.13. The molecule has 1 heterocycles. The topological polar surface area (TPSA) is 47.1 Å². The summed E-state index contributed by atoms with van der Waals surface area (Å²) in [6, 6.07) is 0. The molecule has 0 radical (unpaired) electrons. The van der Waals surface area contributed by atoms with Crippen molar-refractivity contribution in [3.8, 4) is 0 Å². The van der Waals surface area contributed by atoms with E-state index in [0.717, 1.165) is 13.1 Å².